The molecule has 0 fully saturated rings. The fourth-order valence-corrected chi connectivity index (χ4v) is 3.51. The molecule has 0 spiro atoms. The molecule has 0 aromatic carbocycles. The summed E-state index contributed by atoms with van der Waals surface area (Å²) in [4.78, 5) is 12.3. The Labute approximate surface area is 146 Å². The minimum atomic E-state index is -0.397. The van der Waals surface area contributed by atoms with Crippen molar-refractivity contribution in [1.82, 2.24) is 14.8 Å². The molecule has 1 amide bonds. The van der Waals surface area contributed by atoms with E-state index < -0.39 is 5.25 Å². The summed E-state index contributed by atoms with van der Waals surface area (Å²) >= 11 is 2.61. The summed E-state index contributed by atoms with van der Waals surface area (Å²) in [5.41, 5.74) is 0.462. The summed E-state index contributed by atoms with van der Waals surface area (Å²) < 4.78 is 7.10. The molecule has 0 saturated heterocycles. The van der Waals surface area contributed by atoms with Gasteiger partial charge in [-0.3, -0.25) is 4.79 Å². The summed E-state index contributed by atoms with van der Waals surface area (Å²) in [6.45, 7) is 1.78. The predicted octanol–water partition coefficient (Wildman–Crippen LogP) is 3.13. The van der Waals surface area contributed by atoms with Gasteiger partial charge >= 0.3 is 0 Å². The summed E-state index contributed by atoms with van der Waals surface area (Å²) in [6, 6.07) is 7.31. The normalized spacial score (nSPS) is 11.9. The standard InChI is InChI=1S/C15H13N5O2S2/c1-9(13(21)17-14-10(8-16)5-7-23-14)24-15-19-18-12(20(15)2)11-4-3-6-22-11/h3-7,9H,1-2H3,(H,17,21)/t9-/m1/s1. The van der Waals surface area contributed by atoms with Gasteiger partial charge in [0.1, 0.15) is 11.1 Å². The van der Waals surface area contributed by atoms with Crippen LogP contribution in [0.15, 0.2) is 39.4 Å². The molecular weight excluding hydrogens is 346 g/mol. The SMILES string of the molecule is C[C@@H](Sc1nnc(-c2ccco2)n1C)C(=O)Nc1sccc1C#N. The molecule has 122 valence electrons. The van der Waals surface area contributed by atoms with E-state index in [2.05, 4.69) is 15.5 Å². The van der Waals surface area contributed by atoms with Gasteiger partial charge in [-0.2, -0.15) is 5.26 Å². The lowest BCUT2D eigenvalue weighted by Crippen LogP contribution is -2.22. The Kier molecular flexibility index (Phi) is 4.69. The maximum Gasteiger partial charge on any atom is 0.238 e. The first-order chi connectivity index (χ1) is 11.6. The van der Waals surface area contributed by atoms with Crippen molar-refractivity contribution in [2.75, 3.05) is 5.32 Å². The Hall–Kier alpha value is -2.57. The number of thioether (sulfide) groups is 1. The highest BCUT2D eigenvalue weighted by Crippen LogP contribution is 2.28. The molecule has 0 aliphatic carbocycles. The van der Waals surface area contributed by atoms with Gasteiger partial charge in [0, 0.05) is 7.05 Å². The van der Waals surface area contributed by atoms with Gasteiger partial charge in [0.05, 0.1) is 17.1 Å². The lowest BCUT2D eigenvalue weighted by Gasteiger charge is -2.10. The third-order valence-corrected chi connectivity index (χ3v) is 5.21. The second kappa shape index (κ2) is 6.90. The van der Waals surface area contributed by atoms with Crippen LogP contribution >= 0.6 is 23.1 Å². The largest absolute Gasteiger partial charge is 0.461 e. The van der Waals surface area contributed by atoms with Crippen molar-refractivity contribution in [1.29, 1.82) is 5.26 Å². The van der Waals surface area contributed by atoms with Gasteiger partial charge in [-0.1, -0.05) is 11.8 Å². The van der Waals surface area contributed by atoms with Crippen molar-refractivity contribution in [3.05, 3.63) is 35.4 Å². The van der Waals surface area contributed by atoms with Crippen molar-refractivity contribution >= 4 is 34.0 Å². The Morgan fingerprint density at radius 2 is 2.33 bits per heavy atom. The van der Waals surface area contributed by atoms with Gasteiger partial charge in [-0.25, -0.2) is 0 Å². The lowest BCUT2D eigenvalue weighted by atomic mass is 10.3. The Bertz CT molecular complexity index is 892. The minimum absolute atomic E-state index is 0.193. The number of rotatable bonds is 5. The van der Waals surface area contributed by atoms with E-state index in [0.29, 0.717) is 27.3 Å². The van der Waals surface area contributed by atoms with Crippen molar-refractivity contribution < 1.29 is 9.21 Å². The number of hydrogen-bond donors (Lipinski definition) is 1. The fraction of sp³-hybridized carbons (Fsp3) is 0.200. The van der Waals surface area contributed by atoms with E-state index in [-0.39, 0.29) is 5.91 Å². The quantitative estimate of drug-likeness (QED) is 0.703. The number of aromatic nitrogens is 3. The van der Waals surface area contributed by atoms with Crippen molar-refractivity contribution in [3.63, 3.8) is 0 Å². The van der Waals surface area contributed by atoms with E-state index in [0.717, 1.165) is 0 Å². The number of hydrogen-bond acceptors (Lipinski definition) is 7. The Morgan fingerprint density at radius 3 is 3.04 bits per heavy atom. The van der Waals surface area contributed by atoms with E-state index in [4.69, 9.17) is 9.68 Å². The lowest BCUT2D eigenvalue weighted by molar-refractivity contribution is -0.115. The van der Waals surface area contributed by atoms with Crippen LogP contribution in [0.3, 0.4) is 0 Å². The molecule has 3 heterocycles. The molecule has 0 aliphatic heterocycles. The highest BCUT2D eigenvalue weighted by Gasteiger charge is 2.21. The van der Waals surface area contributed by atoms with E-state index in [1.54, 1.807) is 41.3 Å². The summed E-state index contributed by atoms with van der Waals surface area (Å²) in [5.74, 6) is 1.02. The predicted molar refractivity (Wildman–Crippen MR) is 91.7 cm³/mol. The van der Waals surface area contributed by atoms with Gasteiger partial charge in [-0.15, -0.1) is 21.5 Å². The molecule has 0 bridgehead atoms. The second-order valence-corrected chi connectivity index (χ2v) is 7.09. The maximum atomic E-state index is 12.3. The van der Waals surface area contributed by atoms with Crippen LogP contribution in [0.1, 0.15) is 12.5 Å². The first-order valence-electron chi connectivity index (χ1n) is 6.98. The van der Waals surface area contributed by atoms with Crippen LogP contribution < -0.4 is 5.32 Å². The number of thiophene rings is 1. The van der Waals surface area contributed by atoms with Crippen molar-refractivity contribution in [3.8, 4) is 17.7 Å². The van der Waals surface area contributed by atoms with Crippen molar-refractivity contribution in [2.24, 2.45) is 7.05 Å². The number of anilines is 1. The third kappa shape index (κ3) is 3.20. The molecule has 0 unspecified atom stereocenters. The van der Waals surface area contributed by atoms with Crippen LogP contribution in [-0.4, -0.2) is 25.9 Å². The molecule has 1 N–H and O–H groups in total. The van der Waals surface area contributed by atoms with Gasteiger partial charge in [0.2, 0.25) is 5.91 Å². The van der Waals surface area contributed by atoms with E-state index in [1.165, 1.54) is 23.1 Å². The number of furan rings is 1. The monoisotopic (exact) mass is 359 g/mol. The fourth-order valence-electron chi connectivity index (χ4n) is 1.96. The summed E-state index contributed by atoms with van der Waals surface area (Å²) in [6.07, 6.45) is 1.57. The summed E-state index contributed by atoms with van der Waals surface area (Å²) in [7, 11) is 1.82. The number of nitriles is 1. The Balaban J connectivity index is 1.70. The molecule has 1 atom stereocenters. The van der Waals surface area contributed by atoms with Crippen LogP contribution in [0.4, 0.5) is 5.00 Å². The molecule has 3 aromatic rings. The average molecular weight is 359 g/mol. The Morgan fingerprint density at radius 1 is 1.50 bits per heavy atom. The van der Waals surface area contributed by atoms with Crippen molar-refractivity contribution in [2.45, 2.75) is 17.3 Å². The molecule has 0 saturated carbocycles. The highest BCUT2D eigenvalue weighted by molar-refractivity contribution is 8.00. The molecule has 7 nitrogen and oxygen atoms in total. The molecule has 3 aromatic heterocycles. The second-order valence-electron chi connectivity index (χ2n) is 4.87. The van der Waals surface area contributed by atoms with E-state index >= 15 is 0 Å². The number of carbonyl (C=O) groups is 1. The molecular formula is C15H13N5O2S2. The molecule has 0 radical (unpaired) electrons. The van der Waals surface area contributed by atoms with Crippen LogP contribution in [0.25, 0.3) is 11.6 Å². The minimum Gasteiger partial charge on any atom is -0.461 e. The van der Waals surface area contributed by atoms with Gasteiger partial charge in [0.25, 0.3) is 0 Å². The van der Waals surface area contributed by atoms with E-state index in [9.17, 15) is 4.79 Å². The first kappa shape index (κ1) is 16.3. The topological polar surface area (TPSA) is 96.7 Å². The summed E-state index contributed by atoms with van der Waals surface area (Å²) in [5, 5.41) is 22.5. The first-order valence-corrected chi connectivity index (χ1v) is 8.74. The van der Waals surface area contributed by atoms with E-state index in [1.807, 2.05) is 13.1 Å². The van der Waals surface area contributed by atoms with Crippen LogP contribution in [0, 0.1) is 11.3 Å². The van der Waals surface area contributed by atoms with Crippen LogP contribution in [0.5, 0.6) is 0 Å². The van der Waals surface area contributed by atoms with Gasteiger partial charge in [-0.05, 0) is 30.5 Å². The van der Waals surface area contributed by atoms with Crippen LogP contribution in [-0.2, 0) is 11.8 Å². The maximum absolute atomic E-state index is 12.3. The zero-order chi connectivity index (χ0) is 17.1. The van der Waals surface area contributed by atoms with Gasteiger partial charge < -0.3 is 14.3 Å². The van der Waals surface area contributed by atoms with Crippen LogP contribution in [0.2, 0.25) is 0 Å². The highest BCUT2D eigenvalue weighted by atomic mass is 32.2. The average Bonchev–Trinajstić information content (AvgIpc) is 3.29. The molecule has 9 heteroatoms. The number of carbonyl (C=O) groups excluding carboxylic acids is 1. The zero-order valence-corrected chi connectivity index (χ0v) is 14.5. The zero-order valence-electron chi connectivity index (χ0n) is 12.9. The molecule has 24 heavy (non-hydrogen) atoms. The molecule has 0 aliphatic rings. The molecule has 3 rings (SSSR count). The smallest absolute Gasteiger partial charge is 0.238 e. The number of amides is 1. The number of nitrogens with zero attached hydrogens (tertiary/aromatic N) is 4. The van der Waals surface area contributed by atoms with Gasteiger partial charge in [0.15, 0.2) is 16.7 Å². The third-order valence-electron chi connectivity index (χ3n) is 3.25. The number of nitrogens with one attached hydrogen (secondary N) is 1.